The molecule has 0 aliphatic rings. The molecule has 1 amide bonds. The fourth-order valence-corrected chi connectivity index (χ4v) is 1.45. The third-order valence-corrected chi connectivity index (χ3v) is 2.35. The fraction of sp³-hybridized carbons (Fsp3) is 0.333. The maximum absolute atomic E-state index is 11.1. The van der Waals surface area contributed by atoms with Crippen LogP contribution in [-0.2, 0) is 21.5 Å². The van der Waals surface area contributed by atoms with Crippen molar-refractivity contribution >= 4 is 16.3 Å². The van der Waals surface area contributed by atoms with Gasteiger partial charge in [0.15, 0.2) is 0 Å². The molecule has 1 heterocycles. The van der Waals surface area contributed by atoms with Crippen LogP contribution in [0.15, 0.2) is 12.4 Å². The summed E-state index contributed by atoms with van der Waals surface area (Å²) in [4.78, 5) is 17.1. The molecule has 15 heavy (non-hydrogen) atoms. The Morgan fingerprint density at radius 2 is 2.40 bits per heavy atom. The average molecular weight is 234 g/mol. The zero-order valence-corrected chi connectivity index (χ0v) is 8.67. The number of nitrogens with zero attached hydrogens (tertiary/aromatic N) is 1. The number of aromatic amines is 1. The van der Waals surface area contributed by atoms with E-state index in [1.807, 2.05) is 0 Å². The minimum Gasteiger partial charge on any atom is -0.452 e. The van der Waals surface area contributed by atoms with E-state index < -0.39 is 16.3 Å². The second kappa shape index (κ2) is 4.75. The molecular formula is C6H10N4O4S. The van der Waals surface area contributed by atoms with Crippen molar-refractivity contribution in [1.82, 2.24) is 19.4 Å². The number of carbonyl (C=O) groups excluding carboxylic acids is 1. The number of rotatable bonds is 4. The van der Waals surface area contributed by atoms with Crippen molar-refractivity contribution in [3.63, 3.8) is 0 Å². The molecule has 1 aromatic heterocycles. The highest BCUT2D eigenvalue weighted by Crippen LogP contribution is 1.89. The van der Waals surface area contributed by atoms with E-state index in [1.165, 1.54) is 6.20 Å². The van der Waals surface area contributed by atoms with Crippen LogP contribution >= 0.6 is 0 Å². The molecule has 8 nitrogen and oxygen atoms in total. The smallest absolute Gasteiger partial charge is 0.421 e. The van der Waals surface area contributed by atoms with Gasteiger partial charge in [-0.2, -0.15) is 13.1 Å². The van der Waals surface area contributed by atoms with Gasteiger partial charge < -0.3 is 9.72 Å². The number of amides is 1. The third kappa shape index (κ3) is 3.95. The lowest BCUT2D eigenvalue weighted by molar-refractivity contribution is 0.177. The number of imidazole rings is 1. The van der Waals surface area contributed by atoms with Gasteiger partial charge in [-0.3, -0.25) is 0 Å². The van der Waals surface area contributed by atoms with E-state index in [1.54, 1.807) is 10.9 Å². The Hall–Kier alpha value is -1.61. The summed E-state index contributed by atoms with van der Waals surface area (Å²) in [5.74, 6) is 0.435. The van der Waals surface area contributed by atoms with E-state index in [0.717, 1.165) is 7.11 Å². The Morgan fingerprint density at radius 1 is 1.67 bits per heavy atom. The van der Waals surface area contributed by atoms with E-state index in [2.05, 4.69) is 19.4 Å². The van der Waals surface area contributed by atoms with Crippen molar-refractivity contribution in [2.75, 3.05) is 7.11 Å². The second-order valence-electron chi connectivity index (χ2n) is 2.45. The van der Waals surface area contributed by atoms with Gasteiger partial charge in [0.1, 0.15) is 5.82 Å². The Labute approximate surface area is 86.2 Å². The van der Waals surface area contributed by atoms with Crippen LogP contribution in [0.3, 0.4) is 0 Å². The molecule has 9 heteroatoms. The largest absolute Gasteiger partial charge is 0.452 e. The van der Waals surface area contributed by atoms with Gasteiger partial charge in [0.2, 0.25) is 0 Å². The Kier molecular flexibility index (Phi) is 3.63. The molecule has 1 rings (SSSR count). The Balaban J connectivity index is 2.47. The van der Waals surface area contributed by atoms with Crippen LogP contribution in [0.2, 0.25) is 0 Å². The van der Waals surface area contributed by atoms with Crippen LogP contribution in [0.4, 0.5) is 4.79 Å². The van der Waals surface area contributed by atoms with Crippen molar-refractivity contribution < 1.29 is 17.9 Å². The standard InChI is InChI=1S/C6H10N4O4S/c1-14-6(11)10-15(12,13)9-4-5-7-2-3-8-5/h2-3,9H,4H2,1H3,(H,7,8)(H,10,11). The highest BCUT2D eigenvalue weighted by atomic mass is 32.2. The number of nitrogens with one attached hydrogen (secondary N) is 3. The number of hydrogen-bond donors (Lipinski definition) is 3. The highest BCUT2D eigenvalue weighted by Gasteiger charge is 2.13. The molecule has 0 spiro atoms. The molecule has 0 unspecified atom stereocenters. The van der Waals surface area contributed by atoms with Crippen molar-refractivity contribution in [3.8, 4) is 0 Å². The highest BCUT2D eigenvalue weighted by molar-refractivity contribution is 7.88. The molecule has 0 saturated heterocycles. The first kappa shape index (κ1) is 11.5. The summed E-state index contributed by atoms with van der Waals surface area (Å²) in [6, 6.07) is 0. The first-order chi connectivity index (χ1) is 7.03. The molecule has 3 N–H and O–H groups in total. The lowest BCUT2D eigenvalue weighted by atomic mass is 10.6. The molecular weight excluding hydrogens is 224 g/mol. The SMILES string of the molecule is COC(=O)NS(=O)(=O)NCc1ncc[nH]1. The Morgan fingerprint density at radius 3 is 2.93 bits per heavy atom. The minimum absolute atomic E-state index is 0.0423. The zero-order chi connectivity index (χ0) is 11.3. The van der Waals surface area contributed by atoms with Gasteiger partial charge in [0.25, 0.3) is 0 Å². The average Bonchev–Trinajstić information content (AvgIpc) is 2.66. The monoisotopic (exact) mass is 234 g/mol. The predicted molar refractivity (Wildman–Crippen MR) is 49.9 cm³/mol. The molecule has 0 aliphatic carbocycles. The van der Waals surface area contributed by atoms with Crippen LogP contribution in [-0.4, -0.2) is 31.6 Å². The summed E-state index contributed by atoms with van der Waals surface area (Å²) in [5, 5.41) is 0. The lowest BCUT2D eigenvalue weighted by Crippen LogP contribution is -2.39. The van der Waals surface area contributed by atoms with Gasteiger partial charge in [-0.15, -0.1) is 0 Å². The van der Waals surface area contributed by atoms with E-state index >= 15 is 0 Å². The molecule has 0 saturated carbocycles. The molecule has 0 radical (unpaired) electrons. The number of methoxy groups -OCH3 is 1. The molecule has 0 bridgehead atoms. The van der Waals surface area contributed by atoms with E-state index in [4.69, 9.17) is 0 Å². The van der Waals surface area contributed by atoms with Gasteiger partial charge in [0, 0.05) is 12.4 Å². The van der Waals surface area contributed by atoms with Crippen molar-refractivity contribution in [2.24, 2.45) is 0 Å². The topological polar surface area (TPSA) is 113 Å². The summed E-state index contributed by atoms with van der Waals surface area (Å²) < 4.78 is 30.1. The van der Waals surface area contributed by atoms with Crippen molar-refractivity contribution in [3.05, 3.63) is 18.2 Å². The number of aromatic nitrogens is 2. The third-order valence-electron chi connectivity index (χ3n) is 1.39. The minimum atomic E-state index is -3.90. The number of H-pyrrole nitrogens is 1. The number of ether oxygens (including phenoxy) is 1. The van der Waals surface area contributed by atoms with Crippen LogP contribution in [0.25, 0.3) is 0 Å². The van der Waals surface area contributed by atoms with Crippen molar-refractivity contribution in [2.45, 2.75) is 6.54 Å². The van der Waals surface area contributed by atoms with Crippen molar-refractivity contribution in [1.29, 1.82) is 0 Å². The Bertz CT molecular complexity index is 412. The maximum Gasteiger partial charge on any atom is 0.421 e. The van der Waals surface area contributed by atoms with Crippen LogP contribution in [0, 0.1) is 0 Å². The van der Waals surface area contributed by atoms with Crippen LogP contribution < -0.4 is 9.44 Å². The van der Waals surface area contributed by atoms with Gasteiger partial charge in [0.05, 0.1) is 13.7 Å². The predicted octanol–water partition coefficient (Wildman–Crippen LogP) is -0.900. The number of hydrogen-bond acceptors (Lipinski definition) is 5. The molecule has 0 atom stereocenters. The number of carbonyl (C=O) groups is 1. The quantitative estimate of drug-likeness (QED) is 0.624. The summed E-state index contributed by atoms with van der Waals surface area (Å²) in [5.41, 5.74) is 0. The summed E-state index contributed by atoms with van der Waals surface area (Å²) >= 11 is 0. The van der Waals surface area contributed by atoms with Gasteiger partial charge in [-0.25, -0.2) is 14.5 Å². The zero-order valence-electron chi connectivity index (χ0n) is 7.85. The van der Waals surface area contributed by atoms with E-state index in [9.17, 15) is 13.2 Å². The van der Waals surface area contributed by atoms with E-state index in [-0.39, 0.29) is 6.54 Å². The van der Waals surface area contributed by atoms with Gasteiger partial charge in [-0.05, 0) is 0 Å². The lowest BCUT2D eigenvalue weighted by Gasteiger charge is -2.05. The van der Waals surface area contributed by atoms with Gasteiger partial charge >= 0.3 is 16.3 Å². The van der Waals surface area contributed by atoms with E-state index in [0.29, 0.717) is 5.82 Å². The molecule has 0 aliphatic heterocycles. The van der Waals surface area contributed by atoms with Crippen LogP contribution in [0.1, 0.15) is 5.82 Å². The van der Waals surface area contributed by atoms with Crippen LogP contribution in [0.5, 0.6) is 0 Å². The van der Waals surface area contributed by atoms with Gasteiger partial charge in [-0.1, -0.05) is 0 Å². The molecule has 1 aromatic rings. The maximum atomic E-state index is 11.1. The fourth-order valence-electron chi connectivity index (χ4n) is 0.745. The first-order valence-corrected chi connectivity index (χ1v) is 5.35. The second-order valence-corrected chi connectivity index (χ2v) is 3.95. The normalized spacial score (nSPS) is 11.0. The molecule has 0 aromatic carbocycles. The molecule has 0 fully saturated rings. The summed E-state index contributed by atoms with van der Waals surface area (Å²) in [6.45, 7) is -0.0423. The summed E-state index contributed by atoms with van der Waals surface area (Å²) in [7, 11) is -2.84. The summed E-state index contributed by atoms with van der Waals surface area (Å²) in [6.07, 6.45) is 1.98. The first-order valence-electron chi connectivity index (χ1n) is 3.87. The molecule has 84 valence electrons.